The van der Waals surface area contributed by atoms with Crippen LogP contribution in [0.2, 0.25) is 0 Å². The molecule has 0 radical (unpaired) electrons. The van der Waals surface area contributed by atoms with Gasteiger partial charge in [0.1, 0.15) is 5.03 Å². The van der Waals surface area contributed by atoms with Crippen LogP contribution in [0.1, 0.15) is 18.3 Å². The molecule has 0 amide bonds. The van der Waals surface area contributed by atoms with E-state index in [1.54, 1.807) is 6.20 Å². The molecule has 2 aromatic rings. The molecule has 5 nitrogen and oxygen atoms in total. The van der Waals surface area contributed by atoms with Gasteiger partial charge in [-0.05, 0) is 44.7 Å². The highest BCUT2D eigenvalue weighted by Gasteiger charge is 2.05. The Morgan fingerprint density at radius 1 is 1.17 bits per heavy atom. The van der Waals surface area contributed by atoms with Gasteiger partial charge in [0.05, 0.1) is 0 Å². The van der Waals surface area contributed by atoms with Crippen molar-refractivity contribution in [1.29, 1.82) is 0 Å². The second-order valence-electron chi connectivity index (χ2n) is 3.78. The Balaban J connectivity index is 2.23. The summed E-state index contributed by atoms with van der Waals surface area (Å²) in [7, 11) is 0. The maximum Gasteiger partial charge on any atom is 0.223 e. The Hall–Kier alpha value is -1.69. The average Bonchev–Trinajstić information content (AvgIpc) is 2.28. The van der Waals surface area contributed by atoms with Crippen molar-refractivity contribution in [3.8, 4) is 0 Å². The number of aromatic nitrogens is 4. The van der Waals surface area contributed by atoms with Gasteiger partial charge in [-0.1, -0.05) is 0 Å². The van der Waals surface area contributed by atoms with Gasteiger partial charge < -0.3 is 5.32 Å². The van der Waals surface area contributed by atoms with E-state index in [4.69, 9.17) is 0 Å². The van der Waals surface area contributed by atoms with Crippen LogP contribution in [0.3, 0.4) is 0 Å². The predicted molar refractivity (Wildman–Crippen MR) is 71.8 cm³/mol. The van der Waals surface area contributed by atoms with Gasteiger partial charge in [0.2, 0.25) is 5.95 Å². The number of hydrogen-bond acceptors (Lipinski definition) is 6. The zero-order valence-electron chi connectivity index (χ0n) is 10.6. The number of hydrogen-bond donors (Lipinski definition) is 1. The molecule has 0 aromatic carbocycles. The molecule has 0 bridgehead atoms. The lowest BCUT2D eigenvalue weighted by molar-refractivity contribution is 0.921. The quantitative estimate of drug-likeness (QED) is 0.674. The fourth-order valence-corrected chi connectivity index (χ4v) is 2.25. The summed E-state index contributed by atoms with van der Waals surface area (Å²) >= 11 is 1.44. The minimum atomic E-state index is 0.646. The Kier molecular flexibility index (Phi) is 4.09. The molecule has 0 aliphatic heterocycles. The van der Waals surface area contributed by atoms with Gasteiger partial charge in [-0.3, -0.25) is 0 Å². The molecule has 0 saturated heterocycles. The molecule has 0 fully saturated rings. The van der Waals surface area contributed by atoms with Crippen molar-refractivity contribution in [2.45, 2.75) is 31.0 Å². The molecular weight excluding hydrogens is 246 g/mol. The number of rotatable bonds is 4. The van der Waals surface area contributed by atoms with Gasteiger partial charge in [0.15, 0.2) is 5.16 Å². The van der Waals surface area contributed by atoms with Crippen molar-refractivity contribution >= 4 is 17.7 Å². The minimum Gasteiger partial charge on any atom is -0.354 e. The van der Waals surface area contributed by atoms with Crippen LogP contribution in [0.5, 0.6) is 0 Å². The molecule has 2 rings (SSSR count). The molecule has 18 heavy (non-hydrogen) atoms. The number of nitrogens with one attached hydrogen (secondary N) is 1. The van der Waals surface area contributed by atoms with Crippen LogP contribution in [0.25, 0.3) is 0 Å². The second-order valence-corrected chi connectivity index (χ2v) is 4.77. The van der Waals surface area contributed by atoms with E-state index in [-0.39, 0.29) is 0 Å². The van der Waals surface area contributed by atoms with E-state index >= 15 is 0 Å². The molecule has 0 saturated carbocycles. The van der Waals surface area contributed by atoms with Crippen molar-refractivity contribution < 1.29 is 0 Å². The summed E-state index contributed by atoms with van der Waals surface area (Å²) in [5, 5.41) is 4.66. The first-order valence-corrected chi connectivity index (χ1v) is 6.56. The maximum atomic E-state index is 4.41. The normalized spacial score (nSPS) is 10.4. The zero-order valence-corrected chi connectivity index (χ0v) is 11.5. The van der Waals surface area contributed by atoms with E-state index in [0.29, 0.717) is 11.1 Å². The summed E-state index contributed by atoms with van der Waals surface area (Å²) in [6.45, 7) is 6.71. The van der Waals surface area contributed by atoms with Crippen LogP contribution in [0.15, 0.2) is 28.5 Å². The molecular formula is C12H15N5S. The highest BCUT2D eigenvalue weighted by atomic mass is 32.2. The van der Waals surface area contributed by atoms with E-state index in [1.807, 2.05) is 32.9 Å². The highest BCUT2D eigenvalue weighted by molar-refractivity contribution is 7.99. The first-order valence-electron chi connectivity index (χ1n) is 5.74. The number of nitrogens with zero attached hydrogens (tertiary/aromatic N) is 4. The van der Waals surface area contributed by atoms with Crippen molar-refractivity contribution in [2.75, 3.05) is 11.9 Å². The van der Waals surface area contributed by atoms with Crippen molar-refractivity contribution in [3.05, 3.63) is 29.7 Å². The third-order valence-corrected chi connectivity index (χ3v) is 2.93. The summed E-state index contributed by atoms with van der Waals surface area (Å²) in [5.41, 5.74) is 1.88. The fourth-order valence-electron chi connectivity index (χ4n) is 1.40. The number of aryl methyl sites for hydroxylation is 2. The predicted octanol–water partition coefficient (Wildman–Crippen LogP) is 2.47. The van der Waals surface area contributed by atoms with E-state index in [0.717, 1.165) is 23.0 Å². The molecule has 0 spiro atoms. The topological polar surface area (TPSA) is 63.6 Å². The summed E-state index contributed by atoms with van der Waals surface area (Å²) in [6.07, 6.45) is 1.75. The zero-order chi connectivity index (χ0) is 13.0. The van der Waals surface area contributed by atoms with Crippen LogP contribution in [0.4, 0.5) is 5.95 Å². The smallest absolute Gasteiger partial charge is 0.223 e. The Morgan fingerprint density at radius 3 is 2.72 bits per heavy atom. The molecule has 1 N–H and O–H groups in total. The third-order valence-electron chi connectivity index (χ3n) is 2.13. The molecule has 2 heterocycles. The average molecular weight is 261 g/mol. The van der Waals surface area contributed by atoms with Crippen LogP contribution >= 0.6 is 11.8 Å². The third kappa shape index (κ3) is 3.40. The molecule has 2 aromatic heterocycles. The Morgan fingerprint density at radius 2 is 2.00 bits per heavy atom. The monoisotopic (exact) mass is 261 g/mol. The summed E-state index contributed by atoms with van der Waals surface area (Å²) in [4.78, 5) is 17.3. The lowest BCUT2D eigenvalue weighted by Crippen LogP contribution is -2.03. The van der Waals surface area contributed by atoms with Crippen LogP contribution in [0, 0.1) is 13.8 Å². The van der Waals surface area contributed by atoms with Gasteiger partial charge in [-0.2, -0.15) is 0 Å². The standard InChI is InChI=1S/C12H15N5S/c1-4-13-11-15-9(3)7-10(17-11)18-12-14-6-5-8(2)16-12/h5-7H,4H2,1-3H3,(H,13,15,17). The van der Waals surface area contributed by atoms with Gasteiger partial charge >= 0.3 is 0 Å². The molecule has 0 unspecified atom stereocenters. The highest BCUT2D eigenvalue weighted by Crippen LogP contribution is 2.23. The van der Waals surface area contributed by atoms with Gasteiger partial charge in [0, 0.05) is 24.1 Å². The van der Waals surface area contributed by atoms with Crippen LogP contribution < -0.4 is 5.32 Å². The van der Waals surface area contributed by atoms with Crippen molar-refractivity contribution in [2.24, 2.45) is 0 Å². The molecule has 0 atom stereocenters. The lowest BCUT2D eigenvalue weighted by atomic mass is 10.5. The van der Waals surface area contributed by atoms with Crippen LogP contribution in [-0.2, 0) is 0 Å². The molecule has 0 aliphatic carbocycles. The van der Waals surface area contributed by atoms with Crippen molar-refractivity contribution in [3.63, 3.8) is 0 Å². The molecule has 6 heteroatoms. The second kappa shape index (κ2) is 5.77. The fraction of sp³-hybridized carbons (Fsp3) is 0.333. The van der Waals surface area contributed by atoms with Crippen LogP contribution in [-0.4, -0.2) is 26.5 Å². The first kappa shape index (κ1) is 12.8. The molecule has 0 aliphatic rings. The first-order chi connectivity index (χ1) is 8.67. The van der Waals surface area contributed by atoms with Gasteiger partial charge in [-0.25, -0.2) is 19.9 Å². The van der Waals surface area contributed by atoms with E-state index in [9.17, 15) is 0 Å². The minimum absolute atomic E-state index is 0.646. The van der Waals surface area contributed by atoms with E-state index in [2.05, 4.69) is 25.3 Å². The Labute approximate surface area is 110 Å². The van der Waals surface area contributed by atoms with Crippen molar-refractivity contribution in [1.82, 2.24) is 19.9 Å². The van der Waals surface area contributed by atoms with Gasteiger partial charge in [0.25, 0.3) is 0 Å². The SMILES string of the molecule is CCNc1nc(C)cc(Sc2nccc(C)n2)n1. The summed E-state index contributed by atoms with van der Waals surface area (Å²) in [6, 6.07) is 3.80. The number of anilines is 1. The van der Waals surface area contributed by atoms with E-state index < -0.39 is 0 Å². The largest absolute Gasteiger partial charge is 0.354 e. The summed E-state index contributed by atoms with van der Waals surface area (Å²) < 4.78 is 0. The summed E-state index contributed by atoms with van der Waals surface area (Å²) in [5.74, 6) is 0.646. The molecule has 94 valence electrons. The van der Waals surface area contributed by atoms with E-state index in [1.165, 1.54) is 11.8 Å². The lowest BCUT2D eigenvalue weighted by Gasteiger charge is -2.05. The van der Waals surface area contributed by atoms with Gasteiger partial charge in [-0.15, -0.1) is 0 Å². The Bertz CT molecular complexity index is 544. The maximum absolute atomic E-state index is 4.41.